The van der Waals surface area contributed by atoms with Crippen molar-refractivity contribution in [3.63, 3.8) is 0 Å². The molecule has 2 N–H and O–H groups in total. The Hall–Kier alpha value is -1.44. The highest BCUT2D eigenvalue weighted by Gasteiger charge is 2.23. The Morgan fingerprint density at radius 1 is 1.16 bits per heavy atom. The summed E-state index contributed by atoms with van der Waals surface area (Å²) in [6, 6.07) is 5.91. The minimum Gasteiger partial charge on any atom is -0.393 e. The quantitative estimate of drug-likeness (QED) is 0.735. The molecule has 1 rings (SSSR count). The molecule has 0 saturated carbocycles. The topological polar surface area (TPSA) is 86.7 Å². The van der Waals surface area contributed by atoms with Crippen molar-refractivity contribution in [2.24, 2.45) is 5.41 Å². The van der Waals surface area contributed by atoms with Gasteiger partial charge in [0.25, 0.3) is 5.91 Å². The van der Waals surface area contributed by atoms with E-state index in [2.05, 4.69) is 5.32 Å². The lowest BCUT2D eigenvalue weighted by atomic mass is 9.87. The number of carbonyl (C=O) groups excluding carboxylic acids is 1. The summed E-state index contributed by atoms with van der Waals surface area (Å²) in [7, 11) is -3.52. The van der Waals surface area contributed by atoms with Gasteiger partial charge >= 0.3 is 0 Å². The molecule has 6 nitrogen and oxygen atoms in total. The van der Waals surface area contributed by atoms with Gasteiger partial charge in [-0.1, -0.05) is 34.6 Å². The first-order valence-corrected chi connectivity index (χ1v) is 10.0. The molecule has 0 bridgehead atoms. The van der Waals surface area contributed by atoms with E-state index in [4.69, 9.17) is 0 Å². The molecule has 0 radical (unpaired) electrons. The van der Waals surface area contributed by atoms with Crippen molar-refractivity contribution in [1.82, 2.24) is 9.62 Å². The minimum atomic E-state index is -3.52. The maximum atomic E-state index is 12.4. The summed E-state index contributed by atoms with van der Waals surface area (Å²) in [6.45, 7) is 10.5. The molecule has 7 heteroatoms. The number of aliphatic hydroxyl groups excluding tert-OH is 1. The molecule has 0 aliphatic carbocycles. The molecule has 1 aromatic rings. The number of hydrogen-bond acceptors (Lipinski definition) is 4. The predicted octanol–water partition coefficient (Wildman–Crippen LogP) is 2.24. The Labute approximate surface area is 151 Å². The van der Waals surface area contributed by atoms with Crippen LogP contribution in [0.5, 0.6) is 0 Å². The zero-order valence-electron chi connectivity index (χ0n) is 15.7. The van der Waals surface area contributed by atoms with Gasteiger partial charge in [0, 0.05) is 25.2 Å². The number of benzene rings is 1. The van der Waals surface area contributed by atoms with Crippen LogP contribution in [0, 0.1) is 5.41 Å². The van der Waals surface area contributed by atoms with E-state index in [0.717, 1.165) is 0 Å². The third kappa shape index (κ3) is 5.80. The first-order chi connectivity index (χ1) is 11.5. The fourth-order valence-corrected chi connectivity index (χ4v) is 3.81. The second kappa shape index (κ2) is 8.78. The van der Waals surface area contributed by atoms with Crippen molar-refractivity contribution < 1.29 is 18.3 Å². The molecule has 0 spiro atoms. The SMILES string of the molecule is CCN(CC)S(=O)(=O)c1ccc(C(=O)NCCC(O)C(C)(C)C)cc1. The molecule has 0 fully saturated rings. The highest BCUT2D eigenvalue weighted by molar-refractivity contribution is 7.89. The third-order valence-electron chi connectivity index (χ3n) is 4.16. The molecule has 1 unspecified atom stereocenters. The van der Waals surface area contributed by atoms with Gasteiger partial charge in [0.1, 0.15) is 0 Å². The van der Waals surface area contributed by atoms with E-state index < -0.39 is 16.1 Å². The summed E-state index contributed by atoms with van der Waals surface area (Å²) in [4.78, 5) is 12.3. The first-order valence-electron chi connectivity index (χ1n) is 8.60. The van der Waals surface area contributed by atoms with Crippen LogP contribution in [0.4, 0.5) is 0 Å². The Kier molecular flexibility index (Phi) is 7.59. The van der Waals surface area contributed by atoms with Crippen molar-refractivity contribution in [3.05, 3.63) is 29.8 Å². The third-order valence-corrected chi connectivity index (χ3v) is 6.23. The molecule has 1 aromatic carbocycles. The summed E-state index contributed by atoms with van der Waals surface area (Å²) < 4.78 is 26.2. The Bertz CT molecular complexity index is 659. The fraction of sp³-hybridized carbons (Fsp3) is 0.611. The smallest absolute Gasteiger partial charge is 0.251 e. The fourth-order valence-electron chi connectivity index (χ4n) is 2.35. The minimum absolute atomic E-state index is 0.177. The summed E-state index contributed by atoms with van der Waals surface area (Å²) in [5.41, 5.74) is 0.161. The summed E-state index contributed by atoms with van der Waals surface area (Å²) >= 11 is 0. The Balaban J connectivity index is 2.72. The monoisotopic (exact) mass is 370 g/mol. The molecule has 1 atom stereocenters. The maximum absolute atomic E-state index is 12.4. The van der Waals surface area contributed by atoms with E-state index in [1.807, 2.05) is 20.8 Å². The van der Waals surface area contributed by atoms with Gasteiger partial charge in [-0.05, 0) is 36.1 Å². The van der Waals surface area contributed by atoms with Crippen molar-refractivity contribution in [2.45, 2.75) is 52.0 Å². The van der Waals surface area contributed by atoms with Crippen LogP contribution in [0.25, 0.3) is 0 Å². The number of hydrogen-bond donors (Lipinski definition) is 2. The normalized spacial score (nSPS) is 13.7. The van der Waals surface area contributed by atoms with E-state index in [-0.39, 0.29) is 16.2 Å². The van der Waals surface area contributed by atoms with Crippen LogP contribution in [0.2, 0.25) is 0 Å². The molecule has 0 aromatic heterocycles. The van der Waals surface area contributed by atoms with Crippen molar-refractivity contribution in [1.29, 1.82) is 0 Å². The van der Waals surface area contributed by atoms with Crippen LogP contribution < -0.4 is 5.32 Å². The number of aliphatic hydroxyl groups is 1. The standard InChI is InChI=1S/C18H30N2O4S/c1-6-20(7-2)25(23,24)15-10-8-14(9-11-15)17(22)19-13-12-16(21)18(3,4)5/h8-11,16,21H,6-7,12-13H2,1-5H3,(H,19,22). The Morgan fingerprint density at radius 3 is 2.12 bits per heavy atom. The van der Waals surface area contributed by atoms with Gasteiger partial charge in [-0.25, -0.2) is 8.42 Å². The van der Waals surface area contributed by atoms with Gasteiger partial charge in [-0.3, -0.25) is 4.79 Å². The molecule has 0 aliphatic heterocycles. The Morgan fingerprint density at radius 2 is 1.68 bits per heavy atom. The van der Waals surface area contributed by atoms with Crippen LogP contribution in [0.3, 0.4) is 0 Å². The van der Waals surface area contributed by atoms with Gasteiger partial charge in [0.2, 0.25) is 10.0 Å². The number of carbonyl (C=O) groups is 1. The number of amides is 1. The van der Waals surface area contributed by atoms with Gasteiger partial charge < -0.3 is 10.4 Å². The van der Waals surface area contributed by atoms with Gasteiger partial charge in [0.15, 0.2) is 0 Å². The zero-order chi connectivity index (χ0) is 19.3. The van der Waals surface area contributed by atoms with Gasteiger partial charge in [-0.2, -0.15) is 4.31 Å². The molecule has 0 heterocycles. The van der Waals surface area contributed by atoms with E-state index in [0.29, 0.717) is 31.6 Å². The molecule has 25 heavy (non-hydrogen) atoms. The lowest BCUT2D eigenvalue weighted by Gasteiger charge is -2.25. The molecular formula is C18H30N2O4S. The van der Waals surface area contributed by atoms with Gasteiger partial charge in [0.05, 0.1) is 11.0 Å². The highest BCUT2D eigenvalue weighted by Crippen LogP contribution is 2.21. The van der Waals surface area contributed by atoms with E-state index in [1.54, 1.807) is 13.8 Å². The second-order valence-corrected chi connectivity index (χ2v) is 8.98. The van der Waals surface area contributed by atoms with E-state index in [1.165, 1.54) is 28.6 Å². The molecule has 1 amide bonds. The van der Waals surface area contributed by atoms with Crippen LogP contribution in [0.15, 0.2) is 29.2 Å². The van der Waals surface area contributed by atoms with E-state index in [9.17, 15) is 18.3 Å². The molecule has 0 aliphatic rings. The average Bonchev–Trinajstić information content (AvgIpc) is 2.54. The van der Waals surface area contributed by atoms with E-state index >= 15 is 0 Å². The summed E-state index contributed by atoms with van der Waals surface area (Å²) in [5.74, 6) is -0.284. The molecule has 0 saturated heterocycles. The van der Waals surface area contributed by atoms with Crippen molar-refractivity contribution in [3.8, 4) is 0 Å². The number of rotatable bonds is 8. The van der Waals surface area contributed by atoms with Gasteiger partial charge in [-0.15, -0.1) is 0 Å². The summed E-state index contributed by atoms with van der Waals surface area (Å²) in [5, 5.41) is 12.7. The highest BCUT2D eigenvalue weighted by atomic mass is 32.2. The summed E-state index contributed by atoms with van der Waals surface area (Å²) in [6.07, 6.45) is -0.0432. The van der Waals surface area contributed by atoms with Crippen LogP contribution in [-0.4, -0.2) is 49.5 Å². The molecular weight excluding hydrogens is 340 g/mol. The van der Waals surface area contributed by atoms with Crippen molar-refractivity contribution >= 4 is 15.9 Å². The average molecular weight is 371 g/mol. The largest absolute Gasteiger partial charge is 0.393 e. The molecule has 142 valence electrons. The van der Waals surface area contributed by atoms with Crippen LogP contribution >= 0.6 is 0 Å². The van der Waals surface area contributed by atoms with Crippen LogP contribution in [-0.2, 0) is 10.0 Å². The number of nitrogens with one attached hydrogen (secondary N) is 1. The predicted molar refractivity (Wildman–Crippen MR) is 99.0 cm³/mol. The number of nitrogens with zero attached hydrogens (tertiary/aromatic N) is 1. The van der Waals surface area contributed by atoms with Crippen molar-refractivity contribution in [2.75, 3.05) is 19.6 Å². The lowest BCUT2D eigenvalue weighted by molar-refractivity contribution is 0.0551. The second-order valence-electron chi connectivity index (χ2n) is 7.04. The van der Waals surface area contributed by atoms with Crippen LogP contribution in [0.1, 0.15) is 51.4 Å². The maximum Gasteiger partial charge on any atom is 0.251 e. The first kappa shape index (κ1) is 21.6. The zero-order valence-corrected chi connectivity index (χ0v) is 16.6. The lowest BCUT2D eigenvalue weighted by Crippen LogP contribution is -2.32. The number of sulfonamides is 1.